The number of nitrogens with zero attached hydrogens (tertiary/aromatic N) is 1. The summed E-state index contributed by atoms with van der Waals surface area (Å²) in [4.78, 5) is 13.9. The Morgan fingerprint density at radius 2 is 1.92 bits per heavy atom. The van der Waals surface area contributed by atoms with Crippen molar-refractivity contribution in [1.82, 2.24) is 9.62 Å². The van der Waals surface area contributed by atoms with E-state index in [2.05, 4.69) is 4.72 Å². The van der Waals surface area contributed by atoms with Gasteiger partial charge in [-0.05, 0) is 51.3 Å². The highest BCUT2D eigenvalue weighted by Crippen LogP contribution is 2.21. The smallest absolute Gasteiger partial charge is 0.410 e. The van der Waals surface area contributed by atoms with Gasteiger partial charge in [0.05, 0.1) is 12.9 Å². The van der Waals surface area contributed by atoms with E-state index in [1.807, 2.05) is 20.8 Å². The van der Waals surface area contributed by atoms with Crippen LogP contribution in [0.4, 0.5) is 4.79 Å². The monoisotopic (exact) mass is 384 g/mol. The molecule has 0 aliphatic carbocycles. The first-order valence-electron chi connectivity index (χ1n) is 8.69. The number of benzene rings is 1. The van der Waals surface area contributed by atoms with Crippen LogP contribution in [0.3, 0.4) is 0 Å². The molecule has 8 heteroatoms. The summed E-state index contributed by atoms with van der Waals surface area (Å²) in [7, 11) is -1.93. The minimum atomic E-state index is -3.50. The zero-order valence-corrected chi connectivity index (χ0v) is 16.6. The zero-order valence-electron chi connectivity index (χ0n) is 15.8. The topological polar surface area (TPSA) is 84.9 Å². The van der Waals surface area contributed by atoms with E-state index < -0.39 is 21.7 Å². The average Bonchev–Trinajstić information content (AvgIpc) is 3.00. The van der Waals surface area contributed by atoms with Crippen molar-refractivity contribution >= 4 is 16.1 Å². The second-order valence-electron chi connectivity index (χ2n) is 7.43. The van der Waals surface area contributed by atoms with Crippen molar-refractivity contribution in [3.63, 3.8) is 0 Å². The van der Waals surface area contributed by atoms with Crippen LogP contribution in [0.2, 0.25) is 0 Å². The molecule has 1 fully saturated rings. The Balaban J connectivity index is 1.91. The number of rotatable bonds is 6. The van der Waals surface area contributed by atoms with Gasteiger partial charge in [-0.2, -0.15) is 0 Å². The summed E-state index contributed by atoms with van der Waals surface area (Å²) in [6.07, 6.45) is 1.20. The third-order valence-electron chi connectivity index (χ3n) is 4.06. The number of ether oxygens (including phenoxy) is 2. The van der Waals surface area contributed by atoms with Crippen molar-refractivity contribution < 1.29 is 22.7 Å². The lowest BCUT2D eigenvalue weighted by atomic mass is 10.2. The summed E-state index contributed by atoms with van der Waals surface area (Å²) in [5, 5.41) is 0. The van der Waals surface area contributed by atoms with Gasteiger partial charge >= 0.3 is 6.09 Å². The number of carbonyl (C=O) groups excluding carboxylic acids is 1. The minimum Gasteiger partial charge on any atom is -0.497 e. The molecule has 0 saturated carbocycles. The van der Waals surface area contributed by atoms with Crippen LogP contribution in [0.15, 0.2) is 24.3 Å². The number of hydrogen-bond acceptors (Lipinski definition) is 5. The lowest BCUT2D eigenvalue weighted by Gasteiger charge is -2.28. The highest BCUT2D eigenvalue weighted by atomic mass is 32.2. The molecule has 1 aromatic rings. The van der Waals surface area contributed by atoms with Gasteiger partial charge < -0.3 is 14.4 Å². The van der Waals surface area contributed by atoms with Gasteiger partial charge in [0.15, 0.2) is 0 Å². The second kappa shape index (κ2) is 8.26. The van der Waals surface area contributed by atoms with Gasteiger partial charge in [0, 0.05) is 19.1 Å². The number of nitrogens with one attached hydrogen (secondary N) is 1. The van der Waals surface area contributed by atoms with E-state index in [1.165, 1.54) is 0 Å². The average molecular weight is 384 g/mol. The van der Waals surface area contributed by atoms with Crippen molar-refractivity contribution in [2.45, 2.75) is 51.0 Å². The van der Waals surface area contributed by atoms with E-state index in [0.29, 0.717) is 17.9 Å². The molecule has 2 rings (SSSR count). The fourth-order valence-corrected chi connectivity index (χ4v) is 4.00. The minimum absolute atomic E-state index is 0.115. The number of hydrogen-bond donors (Lipinski definition) is 1. The summed E-state index contributed by atoms with van der Waals surface area (Å²) in [6.45, 7) is 6.21. The predicted octanol–water partition coefficient (Wildman–Crippen LogP) is 2.51. The molecule has 0 unspecified atom stereocenters. The van der Waals surface area contributed by atoms with E-state index in [0.717, 1.165) is 12.8 Å². The molecule has 0 bridgehead atoms. The molecule has 1 aromatic carbocycles. The van der Waals surface area contributed by atoms with E-state index in [4.69, 9.17) is 9.47 Å². The maximum absolute atomic E-state index is 12.3. The molecular weight excluding hydrogens is 356 g/mol. The highest BCUT2D eigenvalue weighted by molar-refractivity contribution is 7.88. The van der Waals surface area contributed by atoms with Crippen LogP contribution in [-0.2, 0) is 20.5 Å². The van der Waals surface area contributed by atoms with Crippen LogP contribution in [0.1, 0.15) is 39.2 Å². The zero-order chi connectivity index (χ0) is 19.4. The Morgan fingerprint density at radius 1 is 1.27 bits per heavy atom. The fraction of sp³-hybridized carbons (Fsp3) is 0.611. The third-order valence-corrected chi connectivity index (χ3v) is 5.38. The van der Waals surface area contributed by atoms with E-state index in [9.17, 15) is 13.2 Å². The summed E-state index contributed by atoms with van der Waals surface area (Å²) >= 11 is 0. The van der Waals surface area contributed by atoms with Gasteiger partial charge in [-0.15, -0.1) is 0 Å². The molecule has 1 atom stereocenters. The first-order chi connectivity index (χ1) is 12.1. The predicted molar refractivity (Wildman–Crippen MR) is 99.6 cm³/mol. The lowest BCUT2D eigenvalue weighted by molar-refractivity contribution is 0.0229. The molecule has 1 N–H and O–H groups in total. The van der Waals surface area contributed by atoms with Crippen molar-refractivity contribution in [3.05, 3.63) is 29.8 Å². The van der Waals surface area contributed by atoms with Crippen molar-refractivity contribution in [2.24, 2.45) is 0 Å². The lowest BCUT2D eigenvalue weighted by Crippen LogP contribution is -2.45. The van der Waals surface area contributed by atoms with Crippen LogP contribution < -0.4 is 9.46 Å². The maximum Gasteiger partial charge on any atom is 0.410 e. The van der Waals surface area contributed by atoms with Crippen molar-refractivity contribution in [3.8, 4) is 5.75 Å². The highest BCUT2D eigenvalue weighted by Gasteiger charge is 2.32. The van der Waals surface area contributed by atoms with E-state index >= 15 is 0 Å². The summed E-state index contributed by atoms with van der Waals surface area (Å²) in [5.74, 6) is 0.564. The number of carbonyl (C=O) groups is 1. The van der Waals surface area contributed by atoms with Crippen molar-refractivity contribution in [1.29, 1.82) is 0 Å². The SMILES string of the molecule is COc1ccc(CS(=O)(=O)NC[C@H]2CCCN2C(=O)OC(C)(C)C)cc1. The largest absolute Gasteiger partial charge is 0.497 e. The normalized spacial score (nSPS) is 18.0. The Bertz CT molecular complexity index is 710. The summed E-state index contributed by atoms with van der Waals surface area (Å²) < 4.78 is 37.8. The van der Waals surface area contributed by atoms with Gasteiger partial charge in [0.25, 0.3) is 0 Å². The fourth-order valence-electron chi connectivity index (χ4n) is 2.82. The van der Waals surface area contributed by atoms with Gasteiger partial charge in [0.1, 0.15) is 11.4 Å². The van der Waals surface area contributed by atoms with Crippen LogP contribution in [0.5, 0.6) is 5.75 Å². The summed E-state index contributed by atoms with van der Waals surface area (Å²) in [6, 6.07) is 6.72. The molecule has 1 aliphatic heterocycles. The van der Waals surface area contributed by atoms with Gasteiger partial charge in [-0.1, -0.05) is 12.1 Å². The molecule has 1 aliphatic rings. The number of sulfonamides is 1. The van der Waals surface area contributed by atoms with E-state index in [-0.39, 0.29) is 18.3 Å². The first kappa shape index (κ1) is 20.5. The number of methoxy groups -OCH3 is 1. The Labute approximate surface area is 155 Å². The molecule has 26 heavy (non-hydrogen) atoms. The molecular formula is C18H28N2O5S. The molecule has 1 amide bonds. The van der Waals surface area contributed by atoms with Crippen molar-refractivity contribution in [2.75, 3.05) is 20.2 Å². The molecule has 1 heterocycles. The van der Waals surface area contributed by atoms with Crippen LogP contribution in [0.25, 0.3) is 0 Å². The first-order valence-corrected chi connectivity index (χ1v) is 10.3. The number of likely N-dealkylation sites (tertiary alicyclic amines) is 1. The van der Waals surface area contributed by atoms with Gasteiger partial charge in [-0.3, -0.25) is 0 Å². The van der Waals surface area contributed by atoms with Crippen LogP contribution in [-0.4, -0.2) is 51.3 Å². The second-order valence-corrected chi connectivity index (χ2v) is 9.23. The standard InChI is InChI=1S/C18H28N2O5S/c1-18(2,3)25-17(21)20-11-5-6-15(20)12-19-26(22,23)13-14-7-9-16(24-4)10-8-14/h7-10,15,19H,5-6,11-13H2,1-4H3/t15-/m1/s1. The van der Waals surface area contributed by atoms with Crippen LogP contribution in [0, 0.1) is 0 Å². The van der Waals surface area contributed by atoms with Crippen LogP contribution >= 0.6 is 0 Å². The maximum atomic E-state index is 12.3. The van der Waals surface area contributed by atoms with E-state index in [1.54, 1.807) is 36.3 Å². The molecule has 146 valence electrons. The summed E-state index contributed by atoms with van der Waals surface area (Å²) in [5.41, 5.74) is 0.103. The third kappa shape index (κ3) is 6.17. The molecule has 7 nitrogen and oxygen atoms in total. The Hall–Kier alpha value is -1.80. The Kier molecular flexibility index (Phi) is 6.52. The molecule has 0 spiro atoms. The van der Waals surface area contributed by atoms with Gasteiger partial charge in [0.2, 0.25) is 10.0 Å². The molecule has 1 saturated heterocycles. The molecule has 0 aromatic heterocycles. The number of amides is 1. The Morgan fingerprint density at radius 3 is 2.50 bits per heavy atom. The van der Waals surface area contributed by atoms with Gasteiger partial charge in [-0.25, -0.2) is 17.9 Å². The quantitative estimate of drug-likeness (QED) is 0.815. The molecule has 0 radical (unpaired) electrons.